The van der Waals surface area contributed by atoms with E-state index in [9.17, 15) is 18.0 Å². The van der Waals surface area contributed by atoms with Crippen molar-refractivity contribution in [3.05, 3.63) is 53.6 Å². The van der Waals surface area contributed by atoms with Crippen molar-refractivity contribution in [1.82, 2.24) is 4.31 Å². The lowest BCUT2D eigenvalue weighted by Crippen LogP contribution is -2.30. The normalized spacial score (nSPS) is 14.8. The summed E-state index contributed by atoms with van der Waals surface area (Å²) in [6.45, 7) is 1.90. The number of hydrogen-bond donors (Lipinski definition) is 1. The molecule has 2 aromatic rings. The van der Waals surface area contributed by atoms with Gasteiger partial charge in [-0.25, -0.2) is 12.7 Å². The van der Waals surface area contributed by atoms with Crippen LogP contribution in [0.4, 0.5) is 5.69 Å². The first-order valence-corrected chi connectivity index (χ1v) is 9.49. The Hall–Kier alpha value is -2.87. The van der Waals surface area contributed by atoms with Gasteiger partial charge in [-0.3, -0.25) is 9.59 Å². The van der Waals surface area contributed by atoms with Crippen molar-refractivity contribution < 1.29 is 22.7 Å². The molecule has 0 aromatic heterocycles. The largest absolute Gasteiger partial charge is 0.495 e. The first-order valence-electron chi connectivity index (χ1n) is 8.05. The molecule has 7 nitrogen and oxygen atoms in total. The summed E-state index contributed by atoms with van der Waals surface area (Å²) < 4.78 is 31.2. The van der Waals surface area contributed by atoms with Crippen molar-refractivity contribution >= 4 is 27.5 Å². The number of amides is 2. The third kappa shape index (κ3) is 2.92. The average molecular weight is 374 g/mol. The number of benzene rings is 2. The van der Waals surface area contributed by atoms with Crippen molar-refractivity contribution in [1.29, 1.82) is 0 Å². The summed E-state index contributed by atoms with van der Waals surface area (Å²) in [6.07, 6.45) is 0.514. The molecule has 2 amide bonds. The number of rotatable bonds is 5. The van der Waals surface area contributed by atoms with Gasteiger partial charge >= 0.3 is 0 Å². The Morgan fingerprint density at radius 1 is 1.19 bits per heavy atom. The fourth-order valence-electron chi connectivity index (χ4n) is 2.78. The summed E-state index contributed by atoms with van der Waals surface area (Å²) >= 11 is 0. The Kier molecular flexibility index (Phi) is 4.69. The molecular formula is C18H18N2O5S. The first-order chi connectivity index (χ1) is 12.4. The fraction of sp³-hybridized carbons (Fsp3) is 0.222. The van der Waals surface area contributed by atoms with Gasteiger partial charge in [0, 0.05) is 12.1 Å². The molecule has 1 aliphatic rings. The monoisotopic (exact) mass is 374 g/mol. The predicted octanol–water partition coefficient (Wildman–Crippen LogP) is 2.50. The Balaban J connectivity index is 1.94. The second kappa shape index (κ2) is 6.80. The van der Waals surface area contributed by atoms with Crippen molar-refractivity contribution in [3.63, 3.8) is 0 Å². The number of para-hydroxylation sites is 2. The van der Waals surface area contributed by atoms with E-state index >= 15 is 0 Å². The van der Waals surface area contributed by atoms with Crippen LogP contribution in [0.15, 0.2) is 47.4 Å². The minimum Gasteiger partial charge on any atom is -0.495 e. The summed E-state index contributed by atoms with van der Waals surface area (Å²) in [5.74, 6) is -0.564. The highest BCUT2D eigenvalue weighted by Gasteiger charge is 2.40. The number of sulfonamides is 1. The number of hydrogen-bond acceptors (Lipinski definition) is 5. The van der Waals surface area contributed by atoms with E-state index in [2.05, 4.69) is 5.32 Å². The summed E-state index contributed by atoms with van der Waals surface area (Å²) in [7, 11) is -2.43. The highest BCUT2D eigenvalue weighted by atomic mass is 32.2. The van der Waals surface area contributed by atoms with Gasteiger partial charge in [-0.15, -0.1) is 0 Å². The first kappa shape index (κ1) is 17.9. The van der Waals surface area contributed by atoms with E-state index < -0.39 is 21.8 Å². The third-order valence-electron chi connectivity index (χ3n) is 4.05. The van der Waals surface area contributed by atoms with E-state index in [4.69, 9.17) is 4.74 Å². The molecular weight excluding hydrogens is 356 g/mol. The topological polar surface area (TPSA) is 92.8 Å². The Bertz CT molecular complexity index is 985. The van der Waals surface area contributed by atoms with Crippen molar-refractivity contribution in [3.8, 4) is 5.75 Å². The summed E-state index contributed by atoms with van der Waals surface area (Å²) in [4.78, 5) is 24.7. The average Bonchev–Trinajstić information content (AvgIpc) is 2.83. The molecule has 2 aromatic carbocycles. The minimum absolute atomic E-state index is 0.0901. The van der Waals surface area contributed by atoms with Crippen LogP contribution in [-0.2, 0) is 10.0 Å². The van der Waals surface area contributed by atoms with Crippen LogP contribution in [0.25, 0.3) is 0 Å². The molecule has 0 saturated heterocycles. The Morgan fingerprint density at radius 2 is 1.92 bits per heavy atom. The zero-order valence-electron chi connectivity index (χ0n) is 14.4. The highest BCUT2D eigenvalue weighted by molar-refractivity contribution is 7.90. The predicted molar refractivity (Wildman–Crippen MR) is 95.9 cm³/mol. The maximum atomic E-state index is 12.6. The van der Waals surface area contributed by atoms with Gasteiger partial charge in [0.2, 0.25) is 0 Å². The zero-order chi connectivity index (χ0) is 18.9. The van der Waals surface area contributed by atoms with Gasteiger partial charge in [0.1, 0.15) is 10.6 Å². The Morgan fingerprint density at radius 3 is 2.62 bits per heavy atom. The van der Waals surface area contributed by atoms with E-state index in [1.807, 2.05) is 0 Å². The number of carbonyl (C=O) groups is 2. The molecule has 8 heteroatoms. The lowest BCUT2D eigenvalue weighted by molar-refractivity contribution is 0.0870. The lowest BCUT2D eigenvalue weighted by Gasteiger charge is -2.13. The van der Waals surface area contributed by atoms with Crippen LogP contribution in [0.3, 0.4) is 0 Å². The number of carbonyl (C=O) groups excluding carboxylic acids is 2. The van der Waals surface area contributed by atoms with Gasteiger partial charge in [0.15, 0.2) is 0 Å². The minimum atomic E-state index is -3.92. The molecule has 26 heavy (non-hydrogen) atoms. The molecule has 0 bridgehead atoms. The maximum absolute atomic E-state index is 12.6. The van der Waals surface area contributed by atoms with Crippen molar-refractivity contribution in [2.45, 2.75) is 18.2 Å². The van der Waals surface area contributed by atoms with Crippen LogP contribution >= 0.6 is 0 Å². The molecule has 136 valence electrons. The van der Waals surface area contributed by atoms with Crippen LogP contribution in [0.1, 0.15) is 34.1 Å². The molecule has 1 heterocycles. The maximum Gasteiger partial charge on any atom is 0.269 e. The van der Waals surface area contributed by atoms with E-state index in [0.717, 1.165) is 4.31 Å². The third-order valence-corrected chi connectivity index (χ3v) is 5.87. The molecule has 0 unspecified atom stereocenters. The number of nitrogens with one attached hydrogen (secondary N) is 1. The molecule has 0 saturated carbocycles. The number of ether oxygens (including phenoxy) is 1. The second-order valence-corrected chi connectivity index (χ2v) is 7.58. The molecule has 0 fully saturated rings. The standard InChI is InChI=1S/C18H18N2O5S/c1-3-10-20-18(22)13-9-8-12(11-16(13)26(20,23)24)17(21)19-14-6-4-5-7-15(14)25-2/h4-9,11H,3,10H2,1-2H3,(H,19,21). The summed E-state index contributed by atoms with van der Waals surface area (Å²) in [5.41, 5.74) is 0.698. The number of anilines is 1. The molecule has 0 radical (unpaired) electrons. The van der Waals surface area contributed by atoms with Crippen LogP contribution in [0, 0.1) is 0 Å². The van der Waals surface area contributed by atoms with Crippen LogP contribution < -0.4 is 10.1 Å². The van der Waals surface area contributed by atoms with Crippen LogP contribution in [-0.4, -0.2) is 38.2 Å². The second-order valence-electron chi connectivity index (χ2n) is 5.75. The van der Waals surface area contributed by atoms with Crippen LogP contribution in [0.2, 0.25) is 0 Å². The molecule has 3 rings (SSSR count). The fourth-order valence-corrected chi connectivity index (χ4v) is 4.47. The van der Waals surface area contributed by atoms with Gasteiger partial charge in [-0.1, -0.05) is 19.1 Å². The quantitative estimate of drug-likeness (QED) is 0.868. The number of methoxy groups -OCH3 is 1. The molecule has 1 N–H and O–H groups in total. The van der Waals surface area contributed by atoms with E-state index in [0.29, 0.717) is 17.9 Å². The van der Waals surface area contributed by atoms with Crippen molar-refractivity contribution in [2.24, 2.45) is 0 Å². The van der Waals surface area contributed by atoms with Gasteiger partial charge in [-0.2, -0.15) is 0 Å². The SMILES string of the molecule is CCCN1C(=O)c2ccc(C(=O)Nc3ccccc3OC)cc2S1(=O)=O. The zero-order valence-corrected chi connectivity index (χ0v) is 15.2. The number of nitrogens with zero attached hydrogens (tertiary/aromatic N) is 1. The van der Waals surface area contributed by atoms with Crippen LogP contribution in [0.5, 0.6) is 5.75 Å². The van der Waals surface area contributed by atoms with Gasteiger partial charge < -0.3 is 10.1 Å². The molecule has 0 atom stereocenters. The Labute approximate surface area is 151 Å². The van der Waals surface area contributed by atoms with E-state index in [1.54, 1.807) is 31.2 Å². The van der Waals surface area contributed by atoms with E-state index in [1.165, 1.54) is 25.3 Å². The number of fused-ring (bicyclic) bond motifs is 1. The summed E-state index contributed by atoms with van der Waals surface area (Å²) in [5, 5.41) is 2.69. The van der Waals surface area contributed by atoms with Gasteiger partial charge in [0.05, 0.1) is 18.4 Å². The lowest BCUT2D eigenvalue weighted by atomic mass is 10.1. The molecule has 1 aliphatic heterocycles. The summed E-state index contributed by atoms with van der Waals surface area (Å²) in [6, 6.07) is 10.9. The smallest absolute Gasteiger partial charge is 0.269 e. The highest BCUT2D eigenvalue weighted by Crippen LogP contribution is 2.31. The molecule has 0 aliphatic carbocycles. The van der Waals surface area contributed by atoms with Gasteiger partial charge in [-0.05, 0) is 36.8 Å². The molecule has 0 spiro atoms. The van der Waals surface area contributed by atoms with Crippen molar-refractivity contribution in [2.75, 3.05) is 19.0 Å². The van der Waals surface area contributed by atoms with Gasteiger partial charge in [0.25, 0.3) is 21.8 Å². The van der Waals surface area contributed by atoms with E-state index in [-0.39, 0.29) is 22.6 Å².